The Balaban J connectivity index is 1.52. The fourth-order valence-electron chi connectivity index (χ4n) is 5.07. The van der Waals surface area contributed by atoms with E-state index in [0.717, 1.165) is 61.6 Å². The van der Waals surface area contributed by atoms with Gasteiger partial charge in [0.25, 0.3) is 0 Å². The molecule has 6 heteroatoms. The molecular formula is C27H33N3O3. The van der Waals surface area contributed by atoms with E-state index in [1.54, 1.807) is 12.4 Å². The van der Waals surface area contributed by atoms with Crippen molar-refractivity contribution in [1.29, 1.82) is 0 Å². The van der Waals surface area contributed by atoms with Crippen LogP contribution in [0.15, 0.2) is 53.3 Å². The van der Waals surface area contributed by atoms with Gasteiger partial charge in [-0.25, -0.2) is 4.98 Å². The van der Waals surface area contributed by atoms with Gasteiger partial charge in [0.1, 0.15) is 11.4 Å². The predicted molar refractivity (Wildman–Crippen MR) is 127 cm³/mol. The highest BCUT2D eigenvalue weighted by Gasteiger charge is 2.53. The minimum Gasteiger partial charge on any atom is -0.441 e. The Labute approximate surface area is 195 Å². The van der Waals surface area contributed by atoms with E-state index in [2.05, 4.69) is 60.3 Å². The number of aliphatic hydroxyl groups is 1. The Morgan fingerprint density at radius 1 is 1.06 bits per heavy atom. The summed E-state index contributed by atoms with van der Waals surface area (Å²) in [4.78, 5) is 9.04. The molecule has 2 fully saturated rings. The number of hydrogen-bond acceptors (Lipinski definition) is 6. The molecule has 0 amide bonds. The van der Waals surface area contributed by atoms with Gasteiger partial charge >= 0.3 is 0 Å². The summed E-state index contributed by atoms with van der Waals surface area (Å²) in [6.07, 6.45) is 7.25. The number of pyridine rings is 1. The molecule has 2 N–H and O–H groups in total. The summed E-state index contributed by atoms with van der Waals surface area (Å²) in [6.45, 7) is 9.45. The number of nitrogens with zero attached hydrogens (tertiary/aromatic N) is 2. The first-order valence-corrected chi connectivity index (χ1v) is 11.9. The van der Waals surface area contributed by atoms with Crippen molar-refractivity contribution in [3.8, 4) is 11.5 Å². The molecular weight excluding hydrogens is 414 g/mol. The molecule has 2 saturated heterocycles. The molecule has 2 aliphatic heterocycles. The average Bonchev–Trinajstić information content (AvgIpc) is 3.33. The van der Waals surface area contributed by atoms with E-state index in [1.165, 1.54) is 5.56 Å². The van der Waals surface area contributed by atoms with Gasteiger partial charge in [-0.3, -0.25) is 4.98 Å². The quantitative estimate of drug-likeness (QED) is 0.575. The summed E-state index contributed by atoms with van der Waals surface area (Å²) < 4.78 is 11.6. The molecule has 1 atom stereocenters. The summed E-state index contributed by atoms with van der Waals surface area (Å²) >= 11 is 0. The van der Waals surface area contributed by atoms with Gasteiger partial charge < -0.3 is 19.6 Å². The van der Waals surface area contributed by atoms with E-state index in [0.29, 0.717) is 17.7 Å². The highest BCUT2D eigenvalue weighted by Crippen LogP contribution is 2.48. The molecule has 0 bridgehead atoms. The topological polar surface area (TPSA) is 80.4 Å². The Morgan fingerprint density at radius 3 is 2.42 bits per heavy atom. The van der Waals surface area contributed by atoms with Crippen molar-refractivity contribution in [2.75, 3.05) is 26.3 Å². The van der Waals surface area contributed by atoms with Crippen LogP contribution in [0, 0.1) is 5.41 Å². The van der Waals surface area contributed by atoms with Gasteiger partial charge in [0.05, 0.1) is 11.8 Å². The number of hydrogen-bond donors (Lipinski definition) is 2. The normalized spacial score (nSPS) is 20.4. The fourth-order valence-corrected chi connectivity index (χ4v) is 5.07. The van der Waals surface area contributed by atoms with Crippen LogP contribution in [-0.4, -0.2) is 41.4 Å². The molecule has 0 saturated carbocycles. The third-order valence-corrected chi connectivity index (χ3v) is 7.45. The first-order chi connectivity index (χ1) is 15.9. The zero-order valence-corrected chi connectivity index (χ0v) is 19.7. The van der Waals surface area contributed by atoms with Crippen molar-refractivity contribution in [2.24, 2.45) is 5.41 Å². The molecule has 2 aliphatic rings. The monoisotopic (exact) mass is 447 g/mol. The maximum Gasteiger partial charge on any atom is 0.227 e. The lowest BCUT2D eigenvalue weighted by Gasteiger charge is -2.52. The van der Waals surface area contributed by atoms with Crippen LogP contribution in [-0.2, 0) is 10.3 Å². The molecule has 3 aromatic rings. The lowest BCUT2D eigenvalue weighted by Crippen LogP contribution is -2.63. The standard InChI is InChI=1S/C27H33N3O3/c1-18(2)19-4-6-22(7-5-19)27(31,26(3)16-29-17-26)23-12-21(13-28-14-23)25-30-15-24(33-25)20-8-10-32-11-9-20/h4-7,12-15,18,20,29,31H,8-11,16-17H2,1-3H3/t27-/m0/s1. The molecule has 0 unspecified atom stereocenters. The van der Waals surface area contributed by atoms with Crippen LogP contribution in [0.25, 0.3) is 11.5 Å². The first-order valence-electron chi connectivity index (χ1n) is 11.9. The van der Waals surface area contributed by atoms with Crippen molar-refractivity contribution in [1.82, 2.24) is 15.3 Å². The molecule has 33 heavy (non-hydrogen) atoms. The second-order valence-electron chi connectivity index (χ2n) is 10.1. The van der Waals surface area contributed by atoms with Crippen molar-refractivity contribution >= 4 is 0 Å². The Kier molecular flexibility index (Phi) is 5.85. The number of aromatic nitrogens is 2. The molecule has 5 rings (SSSR count). The minimum absolute atomic E-state index is 0.340. The molecule has 1 aromatic carbocycles. The number of nitrogens with one attached hydrogen (secondary N) is 1. The Morgan fingerprint density at radius 2 is 1.79 bits per heavy atom. The van der Waals surface area contributed by atoms with Gasteiger partial charge in [-0.2, -0.15) is 0 Å². The van der Waals surface area contributed by atoms with Crippen LogP contribution in [0.5, 0.6) is 0 Å². The van der Waals surface area contributed by atoms with Gasteiger partial charge in [-0.1, -0.05) is 45.0 Å². The van der Waals surface area contributed by atoms with Crippen LogP contribution in [0.4, 0.5) is 0 Å². The van der Waals surface area contributed by atoms with Crippen molar-refractivity contribution in [3.05, 3.63) is 71.4 Å². The Bertz CT molecular complexity index is 1100. The molecule has 0 spiro atoms. The lowest BCUT2D eigenvalue weighted by molar-refractivity contribution is -0.0769. The van der Waals surface area contributed by atoms with Gasteiger partial charge in [0, 0.05) is 55.6 Å². The third-order valence-electron chi connectivity index (χ3n) is 7.45. The first kappa shape index (κ1) is 22.3. The van der Waals surface area contributed by atoms with Crippen LogP contribution in [0.1, 0.15) is 67.9 Å². The number of benzene rings is 1. The molecule has 2 aromatic heterocycles. The zero-order chi connectivity index (χ0) is 23.1. The zero-order valence-electron chi connectivity index (χ0n) is 19.7. The highest BCUT2D eigenvalue weighted by atomic mass is 16.5. The summed E-state index contributed by atoms with van der Waals surface area (Å²) in [6, 6.07) is 10.3. The Hall–Kier alpha value is -2.54. The van der Waals surface area contributed by atoms with Gasteiger partial charge in [0.15, 0.2) is 0 Å². The van der Waals surface area contributed by atoms with E-state index in [-0.39, 0.29) is 5.41 Å². The predicted octanol–water partition coefficient (Wildman–Crippen LogP) is 4.60. The number of oxazole rings is 1. The van der Waals surface area contributed by atoms with Crippen molar-refractivity contribution in [2.45, 2.75) is 51.0 Å². The summed E-state index contributed by atoms with van der Waals surface area (Å²) in [5.41, 5.74) is 2.13. The lowest BCUT2D eigenvalue weighted by atomic mass is 9.63. The van der Waals surface area contributed by atoms with Gasteiger partial charge in [0.2, 0.25) is 5.89 Å². The molecule has 0 radical (unpaired) electrons. The largest absolute Gasteiger partial charge is 0.441 e. The summed E-state index contributed by atoms with van der Waals surface area (Å²) in [5.74, 6) is 2.22. The average molecular weight is 448 g/mol. The van der Waals surface area contributed by atoms with E-state index < -0.39 is 5.60 Å². The van der Waals surface area contributed by atoms with Crippen molar-refractivity contribution < 1.29 is 14.3 Å². The van der Waals surface area contributed by atoms with Crippen LogP contribution >= 0.6 is 0 Å². The van der Waals surface area contributed by atoms with E-state index in [1.807, 2.05) is 12.3 Å². The number of ether oxygens (including phenoxy) is 1. The SMILES string of the molecule is CC(C)c1ccc([C@](O)(c2cncc(-c3ncc(C4CCOCC4)o3)c2)C2(C)CNC2)cc1. The van der Waals surface area contributed by atoms with E-state index in [9.17, 15) is 5.11 Å². The number of rotatable bonds is 6. The second kappa shape index (κ2) is 8.67. The molecule has 6 nitrogen and oxygen atoms in total. The molecule has 174 valence electrons. The third kappa shape index (κ3) is 3.90. The van der Waals surface area contributed by atoms with E-state index >= 15 is 0 Å². The second-order valence-corrected chi connectivity index (χ2v) is 10.1. The fraction of sp³-hybridized carbons (Fsp3) is 0.481. The molecule has 0 aliphatic carbocycles. The highest BCUT2D eigenvalue weighted by molar-refractivity contribution is 5.55. The van der Waals surface area contributed by atoms with Crippen molar-refractivity contribution in [3.63, 3.8) is 0 Å². The van der Waals surface area contributed by atoms with E-state index in [4.69, 9.17) is 9.15 Å². The van der Waals surface area contributed by atoms with Crippen LogP contribution in [0.2, 0.25) is 0 Å². The smallest absolute Gasteiger partial charge is 0.227 e. The molecule has 4 heterocycles. The summed E-state index contributed by atoms with van der Waals surface area (Å²) in [7, 11) is 0. The van der Waals surface area contributed by atoms with Gasteiger partial charge in [-0.05, 0) is 36.0 Å². The maximum absolute atomic E-state index is 12.3. The maximum atomic E-state index is 12.3. The minimum atomic E-state index is -1.19. The summed E-state index contributed by atoms with van der Waals surface area (Å²) in [5, 5.41) is 15.6. The van der Waals surface area contributed by atoms with Crippen LogP contribution in [0.3, 0.4) is 0 Å². The van der Waals surface area contributed by atoms with Gasteiger partial charge in [-0.15, -0.1) is 0 Å². The van der Waals surface area contributed by atoms with Crippen LogP contribution < -0.4 is 5.32 Å².